The van der Waals surface area contributed by atoms with Crippen LogP contribution in [0.1, 0.15) is 0 Å². The number of nitrogens with zero attached hydrogens (tertiary/aromatic N) is 2. The Morgan fingerprint density at radius 3 is 2.14 bits per heavy atom. The van der Waals surface area contributed by atoms with Crippen molar-refractivity contribution in [1.82, 2.24) is 4.98 Å². The Kier molecular flexibility index (Phi) is 3.50. The summed E-state index contributed by atoms with van der Waals surface area (Å²) in [6.45, 7) is 0. The maximum Gasteiger partial charge on any atom is 0.146 e. The van der Waals surface area contributed by atoms with E-state index in [0.29, 0.717) is 0 Å². The molecule has 0 radical (unpaired) electrons. The van der Waals surface area contributed by atoms with E-state index in [4.69, 9.17) is 4.98 Å². The summed E-state index contributed by atoms with van der Waals surface area (Å²) in [5, 5.41) is 2.41. The van der Waals surface area contributed by atoms with Gasteiger partial charge in [0.1, 0.15) is 5.82 Å². The Morgan fingerprint density at radius 1 is 0.586 bits per heavy atom. The minimum Gasteiger partial charge on any atom is -0.294 e. The average Bonchev–Trinajstić information content (AvgIpc) is 2.80. The second-order valence-electron chi connectivity index (χ2n) is 7.31. The van der Waals surface area contributed by atoms with Crippen molar-refractivity contribution in [2.45, 2.75) is 0 Å². The lowest BCUT2D eigenvalue weighted by molar-refractivity contribution is 1.19. The third-order valence-electron chi connectivity index (χ3n) is 5.61. The molecule has 2 heterocycles. The van der Waals surface area contributed by atoms with E-state index in [-0.39, 0.29) is 0 Å². The maximum atomic E-state index is 4.82. The molecule has 4 aromatic carbocycles. The van der Waals surface area contributed by atoms with Crippen LogP contribution >= 0.6 is 0 Å². The average molecular weight is 370 g/mol. The Balaban J connectivity index is 1.71. The van der Waals surface area contributed by atoms with Gasteiger partial charge in [-0.2, -0.15) is 0 Å². The smallest absolute Gasteiger partial charge is 0.146 e. The molecule has 6 rings (SSSR count). The second kappa shape index (κ2) is 6.32. The number of hydrogen-bond donors (Lipinski definition) is 0. The molecule has 0 fully saturated rings. The molecule has 0 saturated carbocycles. The lowest BCUT2D eigenvalue weighted by Gasteiger charge is -2.32. The largest absolute Gasteiger partial charge is 0.294 e. The van der Waals surface area contributed by atoms with Crippen molar-refractivity contribution in [3.05, 3.63) is 109 Å². The number of rotatable bonds is 2. The molecule has 0 bridgehead atoms. The van der Waals surface area contributed by atoms with Gasteiger partial charge in [-0.25, -0.2) is 4.98 Å². The molecule has 2 heteroatoms. The van der Waals surface area contributed by atoms with Gasteiger partial charge in [0.15, 0.2) is 0 Å². The molecule has 5 aromatic rings. The maximum absolute atomic E-state index is 4.82. The fourth-order valence-corrected chi connectivity index (χ4v) is 4.33. The van der Waals surface area contributed by atoms with E-state index in [1.807, 2.05) is 12.3 Å². The lowest BCUT2D eigenvalue weighted by atomic mass is 9.89. The molecule has 1 aliphatic heterocycles. The first-order valence-corrected chi connectivity index (χ1v) is 9.83. The van der Waals surface area contributed by atoms with Gasteiger partial charge in [-0.3, -0.25) is 4.90 Å². The molecule has 0 aliphatic carbocycles. The van der Waals surface area contributed by atoms with Crippen molar-refractivity contribution < 1.29 is 0 Å². The van der Waals surface area contributed by atoms with Crippen LogP contribution in [-0.4, -0.2) is 4.98 Å². The summed E-state index contributed by atoms with van der Waals surface area (Å²) in [7, 11) is 0. The fourth-order valence-electron chi connectivity index (χ4n) is 4.33. The highest BCUT2D eigenvalue weighted by atomic mass is 15.2. The van der Waals surface area contributed by atoms with Crippen molar-refractivity contribution in [3.63, 3.8) is 0 Å². The predicted molar refractivity (Wildman–Crippen MR) is 121 cm³/mol. The summed E-state index contributed by atoms with van der Waals surface area (Å²) in [5.41, 5.74) is 7.22. The zero-order chi connectivity index (χ0) is 19.2. The van der Waals surface area contributed by atoms with Gasteiger partial charge in [0.25, 0.3) is 0 Å². The minimum absolute atomic E-state index is 0.988. The van der Waals surface area contributed by atoms with E-state index in [9.17, 15) is 0 Å². The van der Waals surface area contributed by atoms with Gasteiger partial charge < -0.3 is 0 Å². The molecule has 1 aliphatic rings. The molecule has 1 aromatic heterocycles. The predicted octanol–water partition coefficient (Wildman–Crippen LogP) is 7.35. The van der Waals surface area contributed by atoms with Crippen molar-refractivity contribution in [2.24, 2.45) is 0 Å². The summed E-state index contributed by atoms with van der Waals surface area (Å²) in [5.74, 6) is 0.988. The molecular formula is C27H18N2. The zero-order valence-electron chi connectivity index (χ0n) is 15.8. The number of hydrogen-bond acceptors (Lipinski definition) is 2. The highest BCUT2D eigenvalue weighted by molar-refractivity contribution is 6.13. The molecule has 0 unspecified atom stereocenters. The Morgan fingerprint density at radius 2 is 1.31 bits per heavy atom. The first kappa shape index (κ1) is 16.1. The van der Waals surface area contributed by atoms with Crippen LogP contribution in [0, 0.1) is 0 Å². The van der Waals surface area contributed by atoms with E-state index in [2.05, 4.69) is 102 Å². The second-order valence-corrected chi connectivity index (χ2v) is 7.31. The van der Waals surface area contributed by atoms with Crippen LogP contribution in [0.4, 0.5) is 17.2 Å². The Hall–Kier alpha value is -3.91. The van der Waals surface area contributed by atoms with Crippen LogP contribution in [0.25, 0.3) is 33.0 Å². The quantitative estimate of drug-likeness (QED) is 0.317. The standard InChI is InChI=1S/C27H18N2/c1-3-9-19(10-4-1)21-17-20-15-16-28-27-26(20)24(18-21)23-13-7-8-14-25(23)29(27)22-11-5-2-6-12-22/h1-18H. The van der Waals surface area contributed by atoms with Gasteiger partial charge >= 0.3 is 0 Å². The topological polar surface area (TPSA) is 16.1 Å². The van der Waals surface area contributed by atoms with Gasteiger partial charge in [0.2, 0.25) is 0 Å². The molecule has 0 amide bonds. The highest BCUT2D eigenvalue weighted by Crippen LogP contribution is 2.50. The van der Waals surface area contributed by atoms with Crippen LogP contribution < -0.4 is 4.90 Å². The van der Waals surface area contributed by atoms with E-state index < -0.39 is 0 Å². The molecule has 2 nitrogen and oxygen atoms in total. The summed E-state index contributed by atoms with van der Waals surface area (Å²) in [4.78, 5) is 7.09. The van der Waals surface area contributed by atoms with Crippen molar-refractivity contribution in [1.29, 1.82) is 0 Å². The Labute approximate surface area is 169 Å². The minimum atomic E-state index is 0.988. The summed E-state index contributed by atoms with van der Waals surface area (Å²) in [6.07, 6.45) is 1.92. The number of benzene rings is 4. The molecule has 0 N–H and O–H groups in total. The molecule has 29 heavy (non-hydrogen) atoms. The number of anilines is 3. The SMILES string of the molecule is c1ccc(-c2cc3c4c(nccc4c2)N(c2ccccc2)c2ccccc2-3)cc1. The van der Waals surface area contributed by atoms with Gasteiger partial charge in [0, 0.05) is 22.8 Å². The zero-order valence-corrected chi connectivity index (χ0v) is 15.8. The van der Waals surface area contributed by atoms with E-state index >= 15 is 0 Å². The number of pyridine rings is 1. The van der Waals surface area contributed by atoms with Crippen molar-refractivity contribution >= 4 is 28.0 Å². The third kappa shape index (κ3) is 2.46. The molecule has 0 atom stereocenters. The fraction of sp³-hybridized carbons (Fsp3) is 0. The molecule has 0 spiro atoms. The molecular weight excluding hydrogens is 352 g/mol. The van der Waals surface area contributed by atoms with E-state index in [0.717, 1.165) is 17.2 Å². The van der Waals surface area contributed by atoms with Crippen LogP contribution in [-0.2, 0) is 0 Å². The number of fused-ring (bicyclic) bond motifs is 2. The first-order valence-electron chi connectivity index (χ1n) is 9.83. The van der Waals surface area contributed by atoms with E-state index in [1.165, 1.54) is 33.0 Å². The van der Waals surface area contributed by atoms with Crippen LogP contribution in [0.15, 0.2) is 109 Å². The Bertz CT molecular complexity index is 1340. The number of para-hydroxylation sites is 2. The monoisotopic (exact) mass is 370 g/mol. The lowest BCUT2D eigenvalue weighted by Crippen LogP contribution is -2.16. The third-order valence-corrected chi connectivity index (χ3v) is 5.61. The first-order chi connectivity index (χ1) is 14.4. The summed E-state index contributed by atoms with van der Waals surface area (Å²) < 4.78 is 0. The number of aromatic nitrogens is 1. The van der Waals surface area contributed by atoms with Gasteiger partial charge in [-0.1, -0.05) is 66.7 Å². The molecule has 136 valence electrons. The van der Waals surface area contributed by atoms with Gasteiger partial charge in [0.05, 0.1) is 5.69 Å². The van der Waals surface area contributed by atoms with Crippen molar-refractivity contribution in [2.75, 3.05) is 4.90 Å². The summed E-state index contributed by atoms with van der Waals surface area (Å²) in [6, 6.07) is 36.4. The molecule has 0 saturated heterocycles. The van der Waals surface area contributed by atoms with Gasteiger partial charge in [-0.05, 0) is 58.5 Å². The highest BCUT2D eigenvalue weighted by Gasteiger charge is 2.27. The van der Waals surface area contributed by atoms with E-state index in [1.54, 1.807) is 0 Å². The van der Waals surface area contributed by atoms with Crippen LogP contribution in [0.5, 0.6) is 0 Å². The van der Waals surface area contributed by atoms with Crippen molar-refractivity contribution in [3.8, 4) is 22.3 Å². The normalized spacial score (nSPS) is 12.1. The van der Waals surface area contributed by atoms with Gasteiger partial charge in [-0.15, -0.1) is 0 Å². The summed E-state index contributed by atoms with van der Waals surface area (Å²) >= 11 is 0. The van der Waals surface area contributed by atoms with Crippen LogP contribution in [0.2, 0.25) is 0 Å². The van der Waals surface area contributed by atoms with Crippen LogP contribution in [0.3, 0.4) is 0 Å².